The molecule has 2 aliphatic heterocycles. The Morgan fingerprint density at radius 2 is 1.85 bits per heavy atom. The number of nitrogens with zero attached hydrogens (tertiary/aromatic N) is 3. The highest BCUT2D eigenvalue weighted by molar-refractivity contribution is 5.85. The van der Waals surface area contributed by atoms with Crippen molar-refractivity contribution >= 4 is 17.8 Å². The van der Waals surface area contributed by atoms with Crippen LogP contribution in [0.25, 0.3) is 0 Å². The molecular weight excluding hydrogens is 330 g/mol. The largest absolute Gasteiger partial charge is 0.508 e. The third kappa shape index (κ3) is 3.30. The normalized spacial score (nSPS) is 26.2. The summed E-state index contributed by atoms with van der Waals surface area (Å²) in [6, 6.07) is 7.08. The first-order valence-corrected chi connectivity index (χ1v) is 9.51. The molecule has 1 atom stereocenters. The lowest BCUT2D eigenvalue weighted by Gasteiger charge is -2.41. The van der Waals surface area contributed by atoms with Gasteiger partial charge in [0.25, 0.3) is 0 Å². The molecule has 140 valence electrons. The molecule has 1 unspecified atom stereocenters. The number of amides is 1. The summed E-state index contributed by atoms with van der Waals surface area (Å²) in [6.45, 7) is 3.32. The molecule has 1 saturated heterocycles. The minimum atomic E-state index is -0.755. The molecule has 0 bridgehead atoms. The van der Waals surface area contributed by atoms with E-state index in [1.54, 1.807) is 12.1 Å². The van der Waals surface area contributed by atoms with E-state index in [4.69, 9.17) is 0 Å². The molecule has 4 rings (SSSR count). The van der Waals surface area contributed by atoms with Crippen LogP contribution in [0.1, 0.15) is 45.4 Å². The molecule has 1 saturated carbocycles. The number of aromatic hydroxyl groups is 1. The highest BCUT2D eigenvalue weighted by Gasteiger charge is 2.48. The Hall–Kier alpha value is -2.08. The van der Waals surface area contributed by atoms with Crippen LogP contribution < -0.4 is 5.01 Å². The van der Waals surface area contributed by atoms with Crippen LogP contribution in [0.3, 0.4) is 0 Å². The Morgan fingerprint density at radius 1 is 1.19 bits per heavy atom. The second-order valence-corrected chi connectivity index (χ2v) is 8.33. The van der Waals surface area contributed by atoms with Gasteiger partial charge in [-0.1, -0.05) is 6.92 Å². The van der Waals surface area contributed by atoms with Crippen LogP contribution in [0.5, 0.6) is 5.75 Å². The molecule has 3 aliphatic rings. The van der Waals surface area contributed by atoms with Crippen molar-refractivity contribution in [2.45, 2.75) is 57.1 Å². The summed E-state index contributed by atoms with van der Waals surface area (Å²) in [6.07, 6.45) is 6.54. The summed E-state index contributed by atoms with van der Waals surface area (Å²) in [7, 11) is 0. The van der Waals surface area contributed by atoms with Gasteiger partial charge in [0.15, 0.2) is 0 Å². The summed E-state index contributed by atoms with van der Waals surface area (Å²) < 4.78 is 0. The maximum Gasteiger partial charge on any atom is 0.228 e. The topological polar surface area (TPSA) is 76.4 Å². The molecule has 0 aromatic heterocycles. The van der Waals surface area contributed by atoms with Crippen molar-refractivity contribution in [1.29, 1.82) is 0 Å². The molecular formula is C20H27N3O3. The van der Waals surface area contributed by atoms with Gasteiger partial charge in [0.2, 0.25) is 5.91 Å². The first-order valence-electron chi connectivity index (χ1n) is 9.51. The van der Waals surface area contributed by atoms with Crippen molar-refractivity contribution < 1.29 is 15.0 Å². The first-order chi connectivity index (χ1) is 12.4. The molecule has 0 radical (unpaired) electrons. The number of piperidine rings is 1. The summed E-state index contributed by atoms with van der Waals surface area (Å²) in [5, 5.41) is 26.9. The molecule has 2 heterocycles. The van der Waals surface area contributed by atoms with Gasteiger partial charge >= 0.3 is 0 Å². The fourth-order valence-electron chi connectivity index (χ4n) is 4.06. The number of carbonyl (C=O) groups is 1. The molecule has 6 heteroatoms. The van der Waals surface area contributed by atoms with E-state index in [-0.39, 0.29) is 23.1 Å². The van der Waals surface area contributed by atoms with Crippen LogP contribution >= 0.6 is 0 Å². The van der Waals surface area contributed by atoms with Gasteiger partial charge in [-0.25, -0.2) is 0 Å². The Labute approximate surface area is 154 Å². The molecule has 1 aromatic rings. The number of hydrogen-bond acceptors (Lipinski definition) is 5. The Balaban J connectivity index is 1.37. The molecule has 26 heavy (non-hydrogen) atoms. The third-order valence-corrected chi connectivity index (χ3v) is 6.16. The third-order valence-electron chi connectivity index (χ3n) is 6.16. The molecule has 0 spiro atoms. The van der Waals surface area contributed by atoms with Crippen molar-refractivity contribution in [2.75, 3.05) is 18.1 Å². The first kappa shape index (κ1) is 17.3. The zero-order valence-corrected chi connectivity index (χ0v) is 15.3. The summed E-state index contributed by atoms with van der Waals surface area (Å²) in [5.74, 6) is 0.489. The van der Waals surface area contributed by atoms with E-state index >= 15 is 0 Å². The lowest BCUT2D eigenvalue weighted by Crippen LogP contribution is -2.50. The van der Waals surface area contributed by atoms with Crippen LogP contribution in [0.4, 0.5) is 5.69 Å². The molecule has 1 aromatic carbocycles. The number of anilines is 1. The van der Waals surface area contributed by atoms with E-state index in [0.29, 0.717) is 32.4 Å². The van der Waals surface area contributed by atoms with Crippen LogP contribution in [0, 0.1) is 5.41 Å². The molecule has 6 nitrogen and oxygen atoms in total. The SMILES string of the molecule is CC1(C(=O)N2CCC(O)(CC3CC=NN3c3ccc(O)cc3)CC2)CC1. The number of rotatable bonds is 4. The summed E-state index contributed by atoms with van der Waals surface area (Å²) in [5.41, 5.74) is 0.0264. The van der Waals surface area contributed by atoms with Crippen molar-refractivity contribution in [3.63, 3.8) is 0 Å². The number of likely N-dealkylation sites (tertiary alicyclic amines) is 1. The van der Waals surface area contributed by atoms with Gasteiger partial charge in [0.1, 0.15) is 5.75 Å². The number of benzene rings is 1. The van der Waals surface area contributed by atoms with Crippen LogP contribution in [0.15, 0.2) is 29.4 Å². The minimum absolute atomic E-state index is 0.104. The van der Waals surface area contributed by atoms with Crippen molar-refractivity contribution in [1.82, 2.24) is 4.90 Å². The van der Waals surface area contributed by atoms with E-state index < -0.39 is 5.60 Å². The number of hydrogen-bond donors (Lipinski definition) is 2. The van der Waals surface area contributed by atoms with Crippen molar-refractivity contribution in [2.24, 2.45) is 10.5 Å². The highest BCUT2D eigenvalue weighted by Crippen LogP contribution is 2.47. The van der Waals surface area contributed by atoms with Gasteiger partial charge in [-0.15, -0.1) is 0 Å². The Bertz CT molecular complexity index is 704. The summed E-state index contributed by atoms with van der Waals surface area (Å²) in [4.78, 5) is 14.4. The lowest BCUT2D eigenvalue weighted by atomic mass is 9.84. The number of carbonyl (C=O) groups excluding carboxylic acids is 1. The minimum Gasteiger partial charge on any atom is -0.508 e. The molecule has 2 fully saturated rings. The second-order valence-electron chi connectivity index (χ2n) is 8.33. The Morgan fingerprint density at radius 3 is 2.46 bits per heavy atom. The highest BCUT2D eigenvalue weighted by atomic mass is 16.3. The van der Waals surface area contributed by atoms with Crippen LogP contribution in [-0.2, 0) is 4.79 Å². The van der Waals surface area contributed by atoms with Gasteiger partial charge in [-0.05, 0) is 56.4 Å². The average molecular weight is 357 g/mol. The number of phenolic OH excluding ortho intramolecular Hbond substituents is 1. The Kier molecular flexibility index (Phi) is 4.18. The van der Waals surface area contributed by atoms with E-state index in [1.807, 2.05) is 35.2 Å². The average Bonchev–Trinajstić information content (AvgIpc) is 3.22. The quantitative estimate of drug-likeness (QED) is 0.868. The monoisotopic (exact) mass is 357 g/mol. The second kappa shape index (κ2) is 6.27. The van der Waals surface area contributed by atoms with Crippen molar-refractivity contribution in [3.8, 4) is 5.75 Å². The van der Waals surface area contributed by atoms with Crippen molar-refractivity contribution in [3.05, 3.63) is 24.3 Å². The van der Waals surface area contributed by atoms with E-state index in [0.717, 1.165) is 24.9 Å². The van der Waals surface area contributed by atoms with Gasteiger partial charge in [0.05, 0.1) is 17.3 Å². The van der Waals surface area contributed by atoms with Gasteiger partial charge in [0, 0.05) is 31.1 Å². The van der Waals surface area contributed by atoms with Crippen LogP contribution in [0.2, 0.25) is 0 Å². The van der Waals surface area contributed by atoms with E-state index in [1.165, 1.54) is 0 Å². The zero-order valence-electron chi connectivity index (χ0n) is 15.3. The predicted molar refractivity (Wildman–Crippen MR) is 100 cm³/mol. The van der Waals surface area contributed by atoms with E-state index in [2.05, 4.69) is 5.10 Å². The number of phenols is 1. The van der Waals surface area contributed by atoms with Gasteiger partial charge in [-0.2, -0.15) is 5.10 Å². The molecule has 1 aliphatic carbocycles. The fraction of sp³-hybridized carbons (Fsp3) is 0.600. The predicted octanol–water partition coefficient (Wildman–Crippen LogP) is 2.50. The fourth-order valence-corrected chi connectivity index (χ4v) is 4.06. The maximum atomic E-state index is 12.5. The molecule has 1 amide bonds. The number of hydrazone groups is 1. The standard InChI is InChI=1S/C20H27N3O3/c1-19(7-8-19)18(25)22-12-9-20(26,10-13-22)14-16-6-11-21-23(16)15-2-4-17(24)5-3-15/h2-5,11,16,24,26H,6-10,12-14H2,1H3. The zero-order chi connectivity index (χ0) is 18.4. The number of aliphatic hydroxyl groups is 1. The molecule has 2 N–H and O–H groups in total. The van der Waals surface area contributed by atoms with E-state index in [9.17, 15) is 15.0 Å². The lowest BCUT2D eigenvalue weighted by molar-refractivity contribution is -0.140. The summed E-state index contributed by atoms with van der Waals surface area (Å²) >= 11 is 0. The maximum absolute atomic E-state index is 12.5. The van der Waals surface area contributed by atoms with Gasteiger partial charge in [-0.3, -0.25) is 9.80 Å². The smallest absolute Gasteiger partial charge is 0.228 e. The van der Waals surface area contributed by atoms with Gasteiger partial charge < -0.3 is 15.1 Å². The van der Waals surface area contributed by atoms with Crippen LogP contribution in [-0.4, -0.2) is 52.0 Å².